The van der Waals surface area contributed by atoms with Crippen molar-refractivity contribution < 1.29 is 17.8 Å². The molecule has 0 amide bonds. The van der Waals surface area contributed by atoms with Crippen molar-refractivity contribution in [3.8, 4) is 22.3 Å². The van der Waals surface area contributed by atoms with Crippen molar-refractivity contribution in [3.63, 3.8) is 0 Å². The molecule has 0 atom stereocenters. The number of hydrogen-bond acceptors (Lipinski definition) is 1. The summed E-state index contributed by atoms with van der Waals surface area (Å²) in [5.74, 6) is 0. The first-order valence-electron chi connectivity index (χ1n) is 18.8. The van der Waals surface area contributed by atoms with Crippen LogP contribution in [-0.4, -0.2) is 0 Å². The van der Waals surface area contributed by atoms with Gasteiger partial charge in [-0.3, -0.25) is 0 Å². The third-order valence-electron chi connectivity index (χ3n) is 6.47. The molecule has 0 aliphatic heterocycles. The summed E-state index contributed by atoms with van der Waals surface area (Å²) in [4.78, 5) is 1.24. The number of rotatable bonds is 5. The Morgan fingerprint density at radius 2 is 1.13 bits per heavy atom. The summed E-state index contributed by atoms with van der Waals surface area (Å²) in [6.45, 7) is 0. The van der Waals surface area contributed by atoms with Gasteiger partial charge in [0.15, 0.2) is 0 Å². The lowest BCUT2D eigenvalue weighted by Gasteiger charge is -2.27. The average molecular weight is 511 g/mol. The molecule has 0 fully saturated rings. The van der Waals surface area contributed by atoms with E-state index in [0.717, 1.165) is 10.8 Å². The van der Waals surface area contributed by atoms with Gasteiger partial charge in [0.2, 0.25) is 0 Å². The first-order chi connectivity index (χ1) is 24.8. The fraction of sp³-hybridized carbons (Fsp3) is 0. The molecule has 0 spiro atoms. The lowest BCUT2D eigenvalue weighted by atomic mass is 10.00. The molecule has 0 saturated carbocycles. The van der Waals surface area contributed by atoms with Gasteiger partial charge >= 0.3 is 0 Å². The SMILES string of the molecule is [2H]c1c([2H])c([2H])c(-c2c([2H])c([2H])c(N(c3c([2H])c([2H])c([2H])c(-c4ccc5ccccc5c4)c3[2H])c3cccc4ccccc34)c([2H])c2[2H])c([2H])c1[2H]. The molecule has 7 aromatic carbocycles. The van der Waals surface area contributed by atoms with Gasteiger partial charge in [-0.15, -0.1) is 0 Å². The smallest absolute Gasteiger partial charge is 0.0651 e. The Kier molecular flexibility index (Phi) is 3.34. The van der Waals surface area contributed by atoms with Gasteiger partial charge in [0, 0.05) is 16.8 Å². The van der Waals surface area contributed by atoms with Gasteiger partial charge in [0.25, 0.3) is 0 Å². The summed E-state index contributed by atoms with van der Waals surface area (Å²) in [6, 6.07) is 17.1. The van der Waals surface area contributed by atoms with Crippen LogP contribution in [0.5, 0.6) is 0 Å². The van der Waals surface area contributed by atoms with Gasteiger partial charge in [0.1, 0.15) is 0 Å². The molecule has 0 saturated heterocycles. The van der Waals surface area contributed by atoms with Gasteiger partial charge in [-0.25, -0.2) is 0 Å². The first-order valence-corrected chi connectivity index (χ1v) is 12.3. The minimum Gasteiger partial charge on any atom is -0.310 e. The highest BCUT2D eigenvalue weighted by molar-refractivity contribution is 5.99. The van der Waals surface area contributed by atoms with Gasteiger partial charge in [-0.1, -0.05) is 127 Å². The highest BCUT2D eigenvalue weighted by Gasteiger charge is 2.16. The largest absolute Gasteiger partial charge is 0.310 e. The maximum atomic E-state index is 9.57. The molecule has 0 radical (unpaired) electrons. The molecule has 0 aromatic heterocycles. The fourth-order valence-electron chi connectivity index (χ4n) is 4.61. The van der Waals surface area contributed by atoms with Crippen LogP contribution in [0.15, 0.2) is 163 Å². The molecule has 0 unspecified atom stereocenters. The third kappa shape index (κ3) is 4.45. The van der Waals surface area contributed by atoms with Crippen LogP contribution in [0.4, 0.5) is 17.1 Å². The summed E-state index contributed by atoms with van der Waals surface area (Å²) in [5, 5.41) is 3.00. The standard InChI is InChI=1S/C38H27N/c1-2-10-28(11-3-1)30-22-24-35(25-23-30)39(38-19-9-15-31-13-6-7-18-37(31)38)36-17-8-16-33(27-36)34-21-20-29-12-4-5-14-32(29)26-34/h1-27H/i1D,2D,3D,8D,10D,11D,16D,17D,22D,23D,24D,25D,27D. The van der Waals surface area contributed by atoms with Gasteiger partial charge in [-0.05, 0) is 74.7 Å². The van der Waals surface area contributed by atoms with E-state index in [1.54, 1.807) is 36.4 Å². The number of anilines is 3. The van der Waals surface area contributed by atoms with E-state index < -0.39 is 83.3 Å². The molecule has 0 N–H and O–H groups in total. The average Bonchev–Trinajstić information content (AvgIpc) is 3.15. The topological polar surface area (TPSA) is 3.24 Å². The number of nitrogens with zero attached hydrogens (tertiary/aromatic N) is 1. The number of hydrogen-bond donors (Lipinski definition) is 0. The summed E-state index contributed by atoms with van der Waals surface area (Å²) < 4.78 is 115. The molecular weight excluding hydrogens is 470 g/mol. The molecule has 0 aliphatic carbocycles. The highest BCUT2D eigenvalue weighted by atomic mass is 15.1. The Labute approximate surface area is 247 Å². The minimum absolute atomic E-state index is 0.0259. The van der Waals surface area contributed by atoms with Crippen molar-refractivity contribution in [2.45, 2.75) is 0 Å². The monoisotopic (exact) mass is 510 g/mol. The first kappa shape index (κ1) is 13.1. The fourth-order valence-corrected chi connectivity index (χ4v) is 4.61. The molecule has 1 nitrogen and oxygen atoms in total. The van der Waals surface area contributed by atoms with Gasteiger partial charge < -0.3 is 4.90 Å². The van der Waals surface area contributed by atoms with Crippen molar-refractivity contribution in [1.82, 2.24) is 0 Å². The van der Waals surface area contributed by atoms with E-state index in [9.17, 15) is 4.11 Å². The Morgan fingerprint density at radius 1 is 0.436 bits per heavy atom. The summed E-state index contributed by atoms with van der Waals surface area (Å²) in [5.41, 5.74) is -0.957. The summed E-state index contributed by atoms with van der Waals surface area (Å²) in [6.07, 6.45) is 0. The van der Waals surface area contributed by atoms with Crippen LogP contribution in [0.25, 0.3) is 43.8 Å². The van der Waals surface area contributed by atoms with Crippen molar-refractivity contribution in [1.29, 1.82) is 0 Å². The van der Waals surface area contributed by atoms with Crippen molar-refractivity contribution in [2.24, 2.45) is 0 Å². The van der Waals surface area contributed by atoms with E-state index in [1.165, 1.54) is 4.90 Å². The Balaban J connectivity index is 1.61. The molecule has 0 heterocycles. The van der Waals surface area contributed by atoms with Crippen LogP contribution in [0.1, 0.15) is 17.8 Å². The zero-order chi connectivity index (χ0) is 37.3. The maximum absolute atomic E-state index is 9.57. The Hall–Kier alpha value is -5.14. The number of fused-ring (bicyclic) bond motifs is 2. The van der Waals surface area contributed by atoms with Gasteiger partial charge in [0.05, 0.1) is 23.5 Å². The van der Waals surface area contributed by atoms with Crippen LogP contribution < -0.4 is 4.90 Å². The van der Waals surface area contributed by atoms with E-state index in [2.05, 4.69) is 0 Å². The molecule has 0 aliphatic rings. The highest BCUT2D eigenvalue weighted by Crippen LogP contribution is 2.40. The second-order valence-corrected chi connectivity index (χ2v) is 8.84. The van der Waals surface area contributed by atoms with Gasteiger partial charge in [-0.2, -0.15) is 0 Å². The summed E-state index contributed by atoms with van der Waals surface area (Å²) >= 11 is 0. The molecule has 7 aromatic rings. The van der Waals surface area contributed by atoms with E-state index >= 15 is 0 Å². The van der Waals surface area contributed by atoms with Crippen LogP contribution in [0.3, 0.4) is 0 Å². The zero-order valence-corrected chi connectivity index (χ0v) is 20.5. The Morgan fingerprint density at radius 3 is 1.97 bits per heavy atom. The lowest BCUT2D eigenvalue weighted by molar-refractivity contribution is 1.30. The van der Waals surface area contributed by atoms with Crippen LogP contribution >= 0.6 is 0 Å². The third-order valence-corrected chi connectivity index (χ3v) is 6.47. The van der Waals surface area contributed by atoms with E-state index in [-0.39, 0.29) is 29.0 Å². The predicted molar refractivity (Wildman–Crippen MR) is 167 cm³/mol. The zero-order valence-electron chi connectivity index (χ0n) is 33.5. The van der Waals surface area contributed by atoms with Crippen molar-refractivity contribution >= 4 is 38.6 Å². The second kappa shape index (κ2) is 9.96. The molecule has 1 heteroatoms. The molecule has 39 heavy (non-hydrogen) atoms. The molecular formula is C38H27N. The quantitative estimate of drug-likeness (QED) is 0.223. The van der Waals surface area contributed by atoms with E-state index in [0.29, 0.717) is 16.3 Å². The van der Waals surface area contributed by atoms with Crippen molar-refractivity contribution in [3.05, 3.63) is 163 Å². The Bertz CT molecular complexity index is 2570. The minimum atomic E-state index is -0.712. The van der Waals surface area contributed by atoms with E-state index in [4.69, 9.17) is 13.7 Å². The summed E-state index contributed by atoms with van der Waals surface area (Å²) in [7, 11) is 0. The van der Waals surface area contributed by atoms with Crippen LogP contribution in [0, 0.1) is 0 Å². The molecule has 184 valence electrons. The molecule has 0 bridgehead atoms. The van der Waals surface area contributed by atoms with Crippen LogP contribution in [0.2, 0.25) is 0 Å². The predicted octanol–water partition coefficient (Wildman–Crippen LogP) is 10.8. The second-order valence-electron chi connectivity index (χ2n) is 8.84. The number of benzene rings is 7. The van der Waals surface area contributed by atoms with Crippen molar-refractivity contribution in [2.75, 3.05) is 4.90 Å². The lowest BCUT2D eigenvalue weighted by Crippen LogP contribution is -2.10. The van der Waals surface area contributed by atoms with Crippen LogP contribution in [-0.2, 0) is 0 Å². The van der Waals surface area contributed by atoms with E-state index in [1.807, 2.05) is 48.5 Å². The maximum Gasteiger partial charge on any atom is 0.0651 e. The normalized spacial score (nSPS) is 15.7. The molecule has 7 rings (SSSR count).